The molecule has 1 aliphatic heterocycles. The molecule has 8 heteroatoms. The van der Waals surface area contributed by atoms with Crippen molar-refractivity contribution in [1.29, 1.82) is 0 Å². The molecule has 0 unspecified atom stereocenters. The maximum atomic E-state index is 12.5. The molecule has 0 atom stereocenters. The number of thiocarbonyl (C=S) groups is 1. The molecule has 148 valence electrons. The number of nitrogens with one attached hydrogen (secondary N) is 2. The predicted octanol–water partition coefficient (Wildman–Crippen LogP) is 1.30. The fourth-order valence-corrected chi connectivity index (χ4v) is 3.31. The highest BCUT2D eigenvalue weighted by molar-refractivity contribution is 7.80. The number of para-hydroxylation sites is 1. The molecule has 1 amide bonds. The molecule has 1 aliphatic rings. The van der Waals surface area contributed by atoms with Crippen LogP contribution < -0.4 is 10.6 Å². The molecule has 1 heterocycles. The van der Waals surface area contributed by atoms with Crippen LogP contribution in [0.3, 0.4) is 0 Å². The molecule has 0 radical (unpaired) electrons. The number of hydrogen-bond acceptors (Lipinski definition) is 5. The van der Waals surface area contributed by atoms with Gasteiger partial charge in [0.05, 0.1) is 13.7 Å². The largest absolute Gasteiger partial charge is 0.468 e. The number of carbonyl (C=O) groups is 2. The molecule has 0 spiro atoms. The van der Waals surface area contributed by atoms with E-state index in [2.05, 4.69) is 20.3 Å². The molecule has 1 aromatic rings. The molecule has 2 rings (SSSR count). The fourth-order valence-electron chi connectivity index (χ4n) is 3.06. The number of hydrogen-bond donors (Lipinski definition) is 2. The highest BCUT2D eigenvalue weighted by Gasteiger charge is 2.19. The van der Waals surface area contributed by atoms with Gasteiger partial charge in [0.2, 0.25) is 5.91 Å². The smallest absolute Gasteiger partial charge is 0.325 e. The zero-order valence-corrected chi connectivity index (χ0v) is 17.0. The minimum absolute atomic E-state index is 0.00718. The molecule has 27 heavy (non-hydrogen) atoms. The van der Waals surface area contributed by atoms with E-state index in [1.54, 1.807) is 0 Å². The van der Waals surface area contributed by atoms with Crippen molar-refractivity contribution in [1.82, 2.24) is 15.1 Å². The zero-order chi connectivity index (χ0) is 19.8. The van der Waals surface area contributed by atoms with Crippen LogP contribution in [0.5, 0.6) is 0 Å². The van der Waals surface area contributed by atoms with E-state index < -0.39 is 0 Å². The predicted molar refractivity (Wildman–Crippen MR) is 110 cm³/mol. The normalized spacial score (nSPS) is 15.0. The van der Waals surface area contributed by atoms with Crippen LogP contribution in [0.15, 0.2) is 18.2 Å². The third-order valence-electron chi connectivity index (χ3n) is 4.60. The van der Waals surface area contributed by atoms with E-state index in [4.69, 9.17) is 12.2 Å². The second-order valence-corrected chi connectivity index (χ2v) is 7.05. The number of anilines is 1. The lowest BCUT2D eigenvalue weighted by Crippen LogP contribution is -2.44. The monoisotopic (exact) mass is 392 g/mol. The van der Waals surface area contributed by atoms with E-state index in [-0.39, 0.29) is 18.4 Å². The standard InChI is InChI=1S/C19H28N4O3S/c1-14-6-4-7-15(2)18(14)21-16(24)13-22-8-5-9-23(11-10-22)19(27)20-12-17(25)26-3/h4,6-7H,5,8-13H2,1-3H3,(H,20,27)(H,21,24). The molecular weight excluding hydrogens is 364 g/mol. The summed E-state index contributed by atoms with van der Waals surface area (Å²) in [5.74, 6) is -0.357. The van der Waals surface area contributed by atoms with Crippen molar-refractivity contribution in [3.63, 3.8) is 0 Å². The number of esters is 1. The van der Waals surface area contributed by atoms with Gasteiger partial charge in [0, 0.05) is 31.9 Å². The van der Waals surface area contributed by atoms with Crippen molar-refractivity contribution in [2.45, 2.75) is 20.3 Å². The number of rotatable bonds is 5. The summed E-state index contributed by atoms with van der Waals surface area (Å²) >= 11 is 5.35. The maximum Gasteiger partial charge on any atom is 0.325 e. The van der Waals surface area contributed by atoms with Crippen LogP contribution in [0.25, 0.3) is 0 Å². The van der Waals surface area contributed by atoms with Crippen molar-refractivity contribution >= 4 is 34.9 Å². The molecule has 7 nitrogen and oxygen atoms in total. The Morgan fingerprint density at radius 1 is 1.15 bits per heavy atom. The summed E-state index contributed by atoms with van der Waals surface area (Å²) in [7, 11) is 1.35. The number of ether oxygens (including phenoxy) is 1. The van der Waals surface area contributed by atoms with Gasteiger partial charge in [-0.3, -0.25) is 14.5 Å². The van der Waals surface area contributed by atoms with Gasteiger partial charge in [0.25, 0.3) is 0 Å². The first kappa shape index (κ1) is 21.1. The van der Waals surface area contributed by atoms with Gasteiger partial charge >= 0.3 is 5.97 Å². The fraction of sp³-hybridized carbons (Fsp3) is 0.526. The van der Waals surface area contributed by atoms with Crippen molar-refractivity contribution < 1.29 is 14.3 Å². The van der Waals surface area contributed by atoms with Gasteiger partial charge in [-0.1, -0.05) is 18.2 Å². The summed E-state index contributed by atoms with van der Waals surface area (Å²) in [6.45, 7) is 7.48. The Morgan fingerprint density at radius 3 is 2.52 bits per heavy atom. The molecular formula is C19H28N4O3S. The Hall–Kier alpha value is -2.19. The zero-order valence-electron chi connectivity index (χ0n) is 16.2. The van der Waals surface area contributed by atoms with Crippen molar-refractivity contribution in [3.8, 4) is 0 Å². The number of carbonyl (C=O) groups excluding carboxylic acids is 2. The molecule has 2 N–H and O–H groups in total. The first-order chi connectivity index (χ1) is 12.9. The van der Waals surface area contributed by atoms with Gasteiger partial charge in [-0.05, 0) is 43.6 Å². The van der Waals surface area contributed by atoms with Crippen LogP contribution in [0.2, 0.25) is 0 Å². The third-order valence-corrected chi connectivity index (χ3v) is 5.00. The van der Waals surface area contributed by atoms with Crippen molar-refractivity contribution in [2.24, 2.45) is 0 Å². The molecule has 0 aliphatic carbocycles. The van der Waals surface area contributed by atoms with E-state index in [1.165, 1.54) is 7.11 Å². The first-order valence-electron chi connectivity index (χ1n) is 9.08. The van der Waals surface area contributed by atoms with Crippen molar-refractivity contribution in [3.05, 3.63) is 29.3 Å². The van der Waals surface area contributed by atoms with Gasteiger partial charge in [0.15, 0.2) is 5.11 Å². The van der Waals surface area contributed by atoms with Gasteiger partial charge in [-0.25, -0.2) is 0 Å². The lowest BCUT2D eigenvalue weighted by Gasteiger charge is -2.24. The van der Waals surface area contributed by atoms with E-state index >= 15 is 0 Å². The highest BCUT2D eigenvalue weighted by Crippen LogP contribution is 2.19. The highest BCUT2D eigenvalue weighted by atomic mass is 32.1. The lowest BCUT2D eigenvalue weighted by molar-refractivity contribution is -0.139. The molecule has 0 bridgehead atoms. The van der Waals surface area contributed by atoms with Crippen LogP contribution in [-0.2, 0) is 14.3 Å². The molecule has 1 aromatic carbocycles. The average molecular weight is 393 g/mol. The van der Waals surface area contributed by atoms with E-state index in [1.807, 2.05) is 36.9 Å². The lowest BCUT2D eigenvalue weighted by atomic mass is 10.1. The van der Waals surface area contributed by atoms with Crippen molar-refractivity contribution in [2.75, 3.05) is 51.7 Å². The molecule has 0 saturated carbocycles. The Labute approximate surface area is 166 Å². The Kier molecular flexibility index (Phi) is 7.99. The quantitative estimate of drug-likeness (QED) is 0.578. The van der Waals surface area contributed by atoms with Crippen LogP contribution >= 0.6 is 12.2 Å². The SMILES string of the molecule is COC(=O)CNC(=S)N1CCCN(CC(=O)Nc2c(C)cccc2C)CC1. The van der Waals surface area contributed by atoms with Crippen LogP contribution in [-0.4, -0.2) is 73.2 Å². The second kappa shape index (κ2) is 10.2. The molecule has 1 fully saturated rings. The van der Waals surface area contributed by atoms with Gasteiger partial charge in [0.1, 0.15) is 6.54 Å². The van der Waals surface area contributed by atoms with Gasteiger partial charge in [-0.2, -0.15) is 0 Å². The number of methoxy groups -OCH3 is 1. The minimum atomic E-state index is -0.350. The maximum absolute atomic E-state index is 12.5. The second-order valence-electron chi connectivity index (χ2n) is 6.67. The van der Waals surface area contributed by atoms with Crippen LogP contribution in [0, 0.1) is 13.8 Å². The summed E-state index contributed by atoms with van der Waals surface area (Å²) in [4.78, 5) is 27.9. The number of benzene rings is 1. The third kappa shape index (κ3) is 6.48. The van der Waals surface area contributed by atoms with Crippen LogP contribution in [0.1, 0.15) is 17.5 Å². The molecule has 1 saturated heterocycles. The Morgan fingerprint density at radius 2 is 1.85 bits per heavy atom. The number of nitrogens with zero attached hydrogens (tertiary/aromatic N) is 2. The van der Waals surface area contributed by atoms with Gasteiger partial charge < -0.3 is 20.3 Å². The van der Waals surface area contributed by atoms with E-state index in [9.17, 15) is 9.59 Å². The average Bonchev–Trinajstić information content (AvgIpc) is 2.88. The van der Waals surface area contributed by atoms with E-state index in [0.717, 1.165) is 42.9 Å². The number of amides is 1. The first-order valence-corrected chi connectivity index (χ1v) is 9.49. The summed E-state index contributed by atoms with van der Waals surface area (Å²) in [5.41, 5.74) is 3.02. The Bertz CT molecular complexity index is 675. The van der Waals surface area contributed by atoms with Gasteiger partial charge in [-0.15, -0.1) is 0 Å². The summed E-state index contributed by atoms with van der Waals surface area (Å²) in [6, 6.07) is 5.98. The van der Waals surface area contributed by atoms with Crippen LogP contribution in [0.4, 0.5) is 5.69 Å². The summed E-state index contributed by atoms with van der Waals surface area (Å²) < 4.78 is 4.61. The summed E-state index contributed by atoms with van der Waals surface area (Å²) in [5, 5.41) is 6.50. The minimum Gasteiger partial charge on any atom is -0.468 e. The topological polar surface area (TPSA) is 73.9 Å². The van der Waals surface area contributed by atoms with E-state index in [0.29, 0.717) is 18.2 Å². The molecule has 0 aromatic heterocycles. The number of aryl methyl sites for hydroxylation is 2. The Balaban J connectivity index is 1.82. The summed E-state index contributed by atoms with van der Waals surface area (Å²) in [6.07, 6.45) is 0.900.